The number of rotatable bonds is 11. The van der Waals surface area contributed by atoms with Crippen LogP contribution in [-0.4, -0.2) is 30.9 Å². The van der Waals surface area contributed by atoms with E-state index in [9.17, 15) is 9.59 Å². The van der Waals surface area contributed by atoms with E-state index in [1.54, 1.807) is 19.1 Å². The van der Waals surface area contributed by atoms with Crippen LogP contribution in [0.15, 0.2) is 109 Å². The Hall–Kier alpha value is -4.58. The molecule has 2 amide bonds. The number of carbonyl (C=O) groups is 2. The van der Waals surface area contributed by atoms with Crippen molar-refractivity contribution < 1.29 is 19.1 Å². The van der Waals surface area contributed by atoms with Gasteiger partial charge in [0.2, 0.25) is 11.8 Å². The van der Waals surface area contributed by atoms with Crippen molar-refractivity contribution in [3.63, 3.8) is 0 Å². The molecular formula is C32H32N2O4. The lowest BCUT2D eigenvalue weighted by Gasteiger charge is -2.32. The predicted molar refractivity (Wildman–Crippen MR) is 148 cm³/mol. The van der Waals surface area contributed by atoms with Crippen LogP contribution in [0.5, 0.6) is 11.5 Å². The van der Waals surface area contributed by atoms with Crippen molar-refractivity contribution in [1.82, 2.24) is 10.2 Å². The Bertz CT molecular complexity index is 1310. The molecule has 0 aromatic heterocycles. The molecule has 6 nitrogen and oxygen atoms in total. The molecule has 4 aromatic rings. The van der Waals surface area contributed by atoms with E-state index in [1.165, 1.54) is 0 Å². The van der Waals surface area contributed by atoms with Crippen LogP contribution >= 0.6 is 0 Å². The van der Waals surface area contributed by atoms with Crippen LogP contribution in [0, 0.1) is 0 Å². The van der Waals surface area contributed by atoms with Crippen LogP contribution in [-0.2, 0) is 29.1 Å². The Balaban J connectivity index is 1.64. The molecule has 1 N–H and O–H groups in total. The van der Waals surface area contributed by atoms with Gasteiger partial charge < -0.3 is 19.7 Å². The summed E-state index contributed by atoms with van der Waals surface area (Å²) in [7, 11) is 3.23. The maximum absolute atomic E-state index is 13.8. The van der Waals surface area contributed by atoms with Gasteiger partial charge in [-0.25, -0.2) is 0 Å². The zero-order chi connectivity index (χ0) is 26.7. The van der Waals surface area contributed by atoms with Crippen LogP contribution in [0.3, 0.4) is 0 Å². The highest BCUT2D eigenvalue weighted by Gasteiger charge is 2.31. The van der Waals surface area contributed by atoms with Crippen molar-refractivity contribution >= 4 is 11.8 Å². The quantitative estimate of drug-likeness (QED) is 0.297. The second-order valence-corrected chi connectivity index (χ2v) is 8.91. The van der Waals surface area contributed by atoms with E-state index in [2.05, 4.69) is 5.32 Å². The highest BCUT2D eigenvalue weighted by Crippen LogP contribution is 2.26. The first kappa shape index (κ1) is 26.5. The van der Waals surface area contributed by atoms with Crippen molar-refractivity contribution in [3.8, 4) is 11.5 Å². The Morgan fingerprint density at radius 2 is 1.21 bits per heavy atom. The van der Waals surface area contributed by atoms with Crippen molar-refractivity contribution in [2.24, 2.45) is 0 Å². The number of benzene rings is 4. The van der Waals surface area contributed by atoms with E-state index in [0.717, 1.165) is 33.8 Å². The average Bonchev–Trinajstić information content (AvgIpc) is 2.97. The molecule has 0 aliphatic rings. The number of nitrogens with zero attached hydrogens (tertiary/aromatic N) is 1. The minimum Gasteiger partial charge on any atom is -0.497 e. The van der Waals surface area contributed by atoms with Crippen LogP contribution in [0.25, 0.3) is 0 Å². The summed E-state index contributed by atoms with van der Waals surface area (Å²) in [6.45, 7) is 0.598. The van der Waals surface area contributed by atoms with Gasteiger partial charge in [0.1, 0.15) is 17.5 Å². The summed E-state index contributed by atoms with van der Waals surface area (Å²) in [6, 6.07) is 33.3. The smallest absolute Gasteiger partial charge is 0.247 e. The first-order chi connectivity index (χ1) is 18.6. The van der Waals surface area contributed by atoms with E-state index in [0.29, 0.717) is 6.54 Å². The molecule has 0 spiro atoms. The molecule has 194 valence electrons. The lowest BCUT2D eigenvalue weighted by Crippen LogP contribution is -2.43. The molecule has 0 bridgehead atoms. The number of carbonyl (C=O) groups excluding carboxylic acids is 2. The summed E-state index contributed by atoms with van der Waals surface area (Å²) in [5.41, 5.74) is 3.47. The normalized spacial score (nSPS) is 11.3. The van der Waals surface area contributed by atoms with E-state index in [1.807, 2.05) is 109 Å². The third-order valence-electron chi connectivity index (χ3n) is 6.33. The molecule has 0 radical (unpaired) electrons. The molecule has 4 rings (SSSR count). The average molecular weight is 509 g/mol. The second-order valence-electron chi connectivity index (χ2n) is 8.91. The lowest BCUT2D eigenvalue weighted by molar-refractivity contribution is -0.141. The fourth-order valence-electron chi connectivity index (χ4n) is 4.26. The van der Waals surface area contributed by atoms with Gasteiger partial charge in [0.05, 0.1) is 20.6 Å². The van der Waals surface area contributed by atoms with Crippen LogP contribution in [0.4, 0.5) is 0 Å². The van der Waals surface area contributed by atoms with Gasteiger partial charge in [-0.3, -0.25) is 9.59 Å². The molecule has 0 aliphatic carbocycles. The number of hydrogen-bond acceptors (Lipinski definition) is 4. The van der Waals surface area contributed by atoms with Gasteiger partial charge in [-0.1, -0.05) is 84.9 Å². The van der Waals surface area contributed by atoms with Gasteiger partial charge in [0.25, 0.3) is 0 Å². The Morgan fingerprint density at radius 1 is 0.684 bits per heavy atom. The summed E-state index contributed by atoms with van der Waals surface area (Å²) >= 11 is 0. The third kappa shape index (κ3) is 7.01. The van der Waals surface area contributed by atoms with Crippen molar-refractivity contribution in [2.75, 3.05) is 14.2 Å². The van der Waals surface area contributed by atoms with Gasteiger partial charge in [-0.2, -0.15) is 0 Å². The highest BCUT2D eigenvalue weighted by atomic mass is 16.5. The highest BCUT2D eigenvalue weighted by molar-refractivity contribution is 5.89. The van der Waals surface area contributed by atoms with Gasteiger partial charge in [0.15, 0.2) is 0 Å². The van der Waals surface area contributed by atoms with Crippen LogP contribution < -0.4 is 14.8 Å². The second kappa shape index (κ2) is 13.1. The topological polar surface area (TPSA) is 67.9 Å². The molecule has 4 aromatic carbocycles. The SMILES string of the molecule is COc1ccc(CNC(=O)C(c2ccccc2)N(Cc2ccc(OC)cc2)C(=O)Cc2ccccc2)cc1. The molecule has 38 heavy (non-hydrogen) atoms. The van der Waals surface area contributed by atoms with Crippen LogP contribution in [0.1, 0.15) is 28.3 Å². The van der Waals surface area contributed by atoms with Crippen molar-refractivity contribution in [1.29, 1.82) is 0 Å². The Labute approximate surface area is 223 Å². The predicted octanol–water partition coefficient (Wildman–Crippen LogP) is 5.33. The first-order valence-electron chi connectivity index (χ1n) is 12.5. The zero-order valence-electron chi connectivity index (χ0n) is 21.7. The summed E-state index contributed by atoms with van der Waals surface area (Å²) < 4.78 is 10.5. The van der Waals surface area contributed by atoms with Crippen molar-refractivity contribution in [3.05, 3.63) is 131 Å². The molecule has 0 heterocycles. The van der Waals surface area contributed by atoms with E-state index >= 15 is 0 Å². The van der Waals surface area contributed by atoms with Crippen LogP contribution in [0.2, 0.25) is 0 Å². The molecule has 0 saturated carbocycles. The molecule has 0 aliphatic heterocycles. The minimum absolute atomic E-state index is 0.138. The molecule has 1 unspecified atom stereocenters. The summed E-state index contributed by atoms with van der Waals surface area (Å²) in [6.07, 6.45) is 0.187. The van der Waals surface area contributed by atoms with Gasteiger partial charge >= 0.3 is 0 Å². The molecule has 0 fully saturated rings. The molecule has 1 atom stereocenters. The van der Waals surface area contributed by atoms with Gasteiger partial charge in [-0.05, 0) is 46.5 Å². The third-order valence-corrected chi connectivity index (χ3v) is 6.33. The fourth-order valence-corrected chi connectivity index (χ4v) is 4.26. The number of hydrogen-bond donors (Lipinski definition) is 1. The first-order valence-corrected chi connectivity index (χ1v) is 12.5. The molecular weight excluding hydrogens is 476 g/mol. The maximum Gasteiger partial charge on any atom is 0.247 e. The monoisotopic (exact) mass is 508 g/mol. The van der Waals surface area contributed by atoms with Gasteiger partial charge in [-0.15, -0.1) is 0 Å². The fraction of sp³-hybridized carbons (Fsp3) is 0.188. The van der Waals surface area contributed by atoms with E-state index in [-0.39, 0.29) is 24.8 Å². The number of amides is 2. The van der Waals surface area contributed by atoms with Gasteiger partial charge in [0, 0.05) is 13.1 Å². The van der Waals surface area contributed by atoms with E-state index < -0.39 is 6.04 Å². The largest absolute Gasteiger partial charge is 0.497 e. The minimum atomic E-state index is -0.812. The summed E-state index contributed by atoms with van der Waals surface area (Å²) in [5.74, 6) is 1.09. The number of nitrogens with one attached hydrogen (secondary N) is 1. The number of methoxy groups -OCH3 is 2. The van der Waals surface area contributed by atoms with E-state index in [4.69, 9.17) is 9.47 Å². The Kier molecular flexibility index (Phi) is 9.13. The molecule has 0 saturated heterocycles. The van der Waals surface area contributed by atoms with Crippen molar-refractivity contribution in [2.45, 2.75) is 25.6 Å². The number of ether oxygens (including phenoxy) is 2. The zero-order valence-corrected chi connectivity index (χ0v) is 21.7. The maximum atomic E-state index is 13.8. The molecule has 6 heteroatoms. The standard InChI is InChI=1S/C32H32N2O4/c1-37-28-17-13-25(14-18-28)22-33-32(36)31(27-11-7-4-8-12-27)34(23-26-15-19-29(38-2)20-16-26)30(35)21-24-9-5-3-6-10-24/h3-20,31H,21-23H2,1-2H3,(H,33,36). The lowest BCUT2D eigenvalue weighted by atomic mass is 10.0. The summed E-state index contributed by atoms with van der Waals surface area (Å²) in [5, 5.41) is 3.04. The summed E-state index contributed by atoms with van der Waals surface area (Å²) in [4.78, 5) is 29.3. The Morgan fingerprint density at radius 3 is 1.76 bits per heavy atom.